The van der Waals surface area contributed by atoms with E-state index in [0.717, 1.165) is 5.69 Å². The number of benzene rings is 2. The molecule has 1 fully saturated rings. The topological polar surface area (TPSA) is 57.7 Å². The minimum Gasteiger partial charge on any atom is -0.313 e. The van der Waals surface area contributed by atoms with Gasteiger partial charge in [-0.05, 0) is 49.9 Å². The summed E-state index contributed by atoms with van der Waals surface area (Å²) in [5.74, 6) is 0.325. The van der Waals surface area contributed by atoms with E-state index in [1.54, 1.807) is 29.2 Å². The predicted octanol–water partition coefficient (Wildman–Crippen LogP) is 3.53. The summed E-state index contributed by atoms with van der Waals surface area (Å²) >= 11 is 0. The maximum Gasteiger partial charge on any atom is 0.243 e. The molecule has 1 saturated heterocycles. The van der Waals surface area contributed by atoms with E-state index in [0.29, 0.717) is 43.8 Å². The minimum atomic E-state index is -3.44. The van der Waals surface area contributed by atoms with Crippen molar-refractivity contribution < 1.29 is 13.2 Å². The van der Waals surface area contributed by atoms with Gasteiger partial charge in [-0.25, -0.2) is 8.42 Å². The van der Waals surface area contributed by atoms with Gasteiger partial charge in [0.15, 0.2) is 0 Å². The Kier molecular flexibility index (Phi) is 6.29. The molecular weight excluding hydrogens is 360 g/mol. The molecule has 0 radical (unpaired) electrons. The lowest BCUT2D eigenvalue weighted by molar-refractivity contribution is -0.119. The van der Waals surface area contributed by atoms with Crippen LogP contribution in [0.3, 0.4) is 0 Å². The fraction of sp³-hybridized carbons (Fsp3) is 0.381. The molecule has 0 saturated carbocycles. The number of amides is 1. The lowest BCUT2D eigenvalue weighted by Crippen LogP contribution is -2.40. The van der Waals surface area contributed by atoms with Crippen molar-refractivity contribution in [3.05, 3.63) is 60.7 Å². The third kappa shape index (κ3) is 4.57. The molecule has 2 aromatic rings. The second-order valence-electron chi connectivity index (χ2n) is 6.84. The summed E-state index contributed by atoms with van der Waals surface area (Å²) in [6.07, 6.45) is 1.89. The summed E-state index contributed by atoms with van der Waals surface area (Å²) in [6, 6.07) is 18.2. The van der Waals surface area contributed by atoms with E-state index in [1.165, 1.54) is 4.31 Å². The number of para-hydroxylation sites is 1. The second kappa shape index (κ2) is 8.67. The molecule has 0 spiro atoms. The molecule has 6 heteroatoms. The van der Waals surface area contributed by atoms with Crippen molar-refractivity contribution in [2.75, 3.05) is 24.5 Å². The first-order valence-corrected chi connectivity index (χ1v) is 10.9. The van der Waals surface area contributed by atoms with Crippen LogP contribution in [0.5, 0.6) is 0 Å². The van der Waals surface area contributed by atoms with Gasteiger partial charge < -0.3 is 4.90 Å². The van der Waals surface area contributed by atoms with Crippen LogP contribution in [0, 0.1) is 5.92 Å². The largest absolute Gasteiger partial charge is 0.313 e. The Balaban J connectivity index is 1.59. The molecule has 0 bridgehead atoms. The average Bonchev–Trinajstić information content (AvgIpc) is 2.70. The Morgan fingerprint density at radius 3 is 2.11 bits per heavy atom. The Morgan fingerprint density at radius 2 is 1.56 bits per heavy atom. The molecule has 0 unspecified atom stereocenters. The molecular formula is C21H26N2O3S. The second-order valence-corrected chi connectivity index (χ2v) is 8.78. The Hall–Kier alpha value is -2.18. The Bertz CT molecular complexity index is 846. The lowest BCUT2D eigenvalue weighted by Gasteiger charge is -2.32. The zero-order chi connectivity index (χ0) is 19.3. The van der Waals surface area contributed by atoms with Crippen molar-refractivity contribution in [2.45, 2.75) is 31.1 Å². The summed E-state index contributed by atoms with van der Waals surface area (Å²) in [5, 5.41) is 0. The minimum absolute atomic E-state index is 0.105. The zero-order valence-corrected chi connectivity index (χ0v) is 16.4. The van der Waals surface area contributed by atoms with E-state index >= 15 is 0 Å². The van der Waals surface area contributed by atoms with Crippen LogP contribution in [0.2, 0.25) is 0 Å². The highest BCUT2D eigenvalue weighted by molar-refractivity contribution is 7.89. The normalized spacial score (nSPS) is 16.2. The van der Waals surface area contributed by atoms with Crippen LogP contribution in [0.25, 0.3) is 0 Å². The molecule has 0 atom stereocenters. The van der Waals surface area contributed by atoms with Crippen LogP contribution in [-0.4, -0.2) is 38.3 Å². The maximum absolute atomic E-state index is 12.7. The highest BCUT2D eigenvalue weighted by Gasteiger charge is 2.30. The third-order valence-corrected chi connectivity index (χ3v) is 7.02. The number of nitrogens with zero attached hydrogens (tertiary/aromatic N) is 2. The number of hydrogen-bond acceptors (Lipinski definition) is 3. The smallest absolute Gasteiger partial charge is 0.243 e. The van der Waals surface area contributed by atoms with Crippen molar-refractivity contribution in [3.8, 4) is 0 Å². The van der Waals surface area contributed by atoms with Crippen LogP contribution in [-0.2, 0) is 14.8 Å². The monoisotopic (exact) mass is 386 g/mol. The molecule has 3 rings (SSSR count). The van der Waals surface area contributed by atoms with E-state index in [1.807, 2.05) is 43.3 Å². The van der Waals surface area contributed by atoms with Gasteiger partial charge >= 0.3 is 0 Å². The number of piperidine rings is 1. The molecule has 1 aliphatic heterocycles. The molecule has 27 heavy (non-hydrogen) atoms. The molecule has 144 valence electrons. The molecule has 5 nitrogen and oxygen atoms in total. The van der Waals surface area contributed by atoms with Crippen LogP contribution in [0.15, 0.2) is 65.6 Å². The highest BCUT2D eigenvalue weighted by Crippen LogP contribution is 2.27. The summed E-state index contributed by atoms with van der Waals surface area (Å²) in [7, 11) is -3.44. The van der Waals surface area contributed by atoms with E-state index in [9.17, 15) is 13.2 Å². The predicted molar refractivity (Wildman–Crippen MR) is 107 cm³/mol. The number of carbonyl (C=O) groups is 1. The summed E-state index contributed by atoms with van der Waals surface area (Å²) in [4.78, 5) is 14.9. The van der Waals surface area contributed by atoms with Gasteiger partial charge in [0.1, 0.15) is 0 Å². The van der Waals surface area contributed by atoms with Gasteiger partial charge in [-0.3, -0.25) is 4.79 Å². The third-order valence-electron chi connectivity index (χ3n) is 5.10. The number of hydrogen-bond donors (Lipinski definition) is 0. The molecule has 1 aliphatic rings. The van der Waals surface area contributed by atoms with Gasteiger partial charge in [-0.1, -0.05) is 36.4 Å². The van der Waals surface area contributed by atoms with Gasteiger partial charge in [-0.2, -0.15) is 4.31 Å². The van der Waals surface area contributed by atoms with Crippen molar-refractivity contribution in [1.29, 1.82) is 0 Å². The average molecular weight is 387 g/mol. The van der Waals surface area contributed by atoms with Crippen molar-refractivity contribution in [2.24, 2.45) is 5.92 Å². The van der Waals surface area contributed by atoms with Crippen molar-refractivity contribution in [3.63, 3.8) is 0 Å². The molecule has 2 aromatic carbocycles. The van der Waals surface area contributed by atoms with Gasteiger partial charge in [0.2, 0.25) is 15.9 Å². The fourth-order valence-corrected chi connectivity index (χ4v) is 5.05. The summed E-state index contributed by atoms with van der Waals surface area (Å²) in [5.41, 5.74) is 0.911. The first kappa shape index (κ1) is 19.6. The fourth-order valence-electron chi connectivity index (χ4n) is 3.56. The summed E-state index contributed by atoms with van der Waals surface area (Å²) in [6.45, 7) is 3.53. The summed E-state index contributed by atoms with van der Waals surface area (Å²) < 4.78 is 27.0. The molecule has 0 N–H and O–H groups in total. The Labute approximate surface area is 161 Å². The van der Waals surface area contributed by atoms with E-state index in [-0.39, 0.29) is 11.8 Å². The van der Waals surface area contributed by atoms with E-state index in [2.05, 4.69) is 0 Å². The van der Waals surface area contributed by atoms with Crippen LogP contribution in [0.4, 0.5) is 5.69 Å². The van der Waals surface area contributed by atoms with E-state index < -0.39 is 10.0 Å². The lowest BCUT2D eigenvalue weighted by atomic mass is 9.94. The number of anilines is 1. The SMILES string of the molecule is CCN(C(=O)CC1CCN(S(=O)(=O)c2ccccc2)CC1)c1ccccc1. The number of rotatable bonds is 6. The van der Waals surface area contributed by atoms with Gasteiger partial charge in [-0.15, -0.1) is 0 Å². The molecule has 0 aliphatic carbocycles. The van der Waals surface area contributed by atoms with Crippen molar-refractivity contribution >= 4 is 21.6 Å². The van der Waals surface area contributed by atoms with Crippen LogP contribution < -0.4 is 4.90 Å². The van der Waals surface area contributed by atoms with Crippen LogP contribution >= 0.6 is 0 Å². The first-order valence-electron chi connectivity index (χ1n) is 9.43. The van der Waals surface area contributed by atoms with E-state index in [4.69, 9.17) is 0 Å². The quantitative estimate of drug-likeness (QED) is 0.763. The van der Waals surface area contributed by atoms with Gasteiger partial charge in [0.05, 0.1) is 4.90 Å². The zero-order valence-electron chi connectivity index (χ0n) is 15.6. The first-order chi connectivity index (χ1) is 13.0. The van der Waals surface area contributed by atoms with Gasteiger partial charge in [0, 0.05) is 31.7 Å². The highest BCUT2D eigenvalue weighted by atomic mass is 32.2. The molecule has 1 amide bonds. The maximum atomic E-state index is 12.7. The standard InChI is InChI=1S/C21H26N2O3S/c1-2-23(19-9-5-3-6-10-19)21(24)17-18-13-15-22(16-14-18)27(25,26)20-11-7-4-8-12-20/h3-12,18H,2,13-17H2,1H3. The molecule has 0 aromatic heterocycles. The van der Waals surface area contributed by atoms with Gasteiger partial charge in [0.25, 0.3) is 0 Å². The molecule has 1 heterocycles. The van der Waals surface area contributed by atoms with Crippen molar-refractivity contribution in [1.82, 2.24) is 4.31 Å². The Morgan fingerprint density at radius 1 is 1.00 bits per heavy atom. The number of sulfonamides is 1. The van der Waals surface area contributed by atoms with Crippen LogP contribution in [0.1, 0.15) is 26.2 Å². The number of carbonyl (C=O) groups excluding carboxylic acids is 1.